The first kappa shape index (κ1) is 12.6. The van der Waals surface area contributed by atoms with Crippen LogP contribution in [0.5, 0.6) is 0 Å². The minimum Gasteiger partial charge on any atom is -0.316 e. The molecule has 2 rings (SSSR count). The van der Waals surface area contributed by atoms with E-state index in [1.54, 1.807) is 0 Å². The standard InChI is InChI=1S/C13H24N4/c1-4-7-14-10-11-6-9-16(2)13(11)12-5-8-15-17(12)3/h5,8,11,13-14H,4,6-7,9-10H2,1-3H3. The molecule has 0 bridgehead atoms. The van der Waals surface area contributed by atoms with E-state index in [-0.39, 0.29) is 0 Å². The van der Waals surface area contributed by atoms with Crippen LogP contribution in [0.2, 0.25) is 0 Å². The SMILES string of the molecule is CCCNCC1CCN(C)C1c1ccnn1C. The Balaban J connectivity index is 2.04. The van der Waals surface area contributed by atoms with Crippen LogP contribution in [0.25, 0.3) is 0 Å². The molecule has 0 aromatic carbocycles. The molecule has 2 unspecified atom stereocenters. The van der Waals surface area contributed by atoms with Gasteiger partial charge in [-0.1, -0.05) is 6.92 Å². The lowest BCUT2D eigenvalue weighted by atomic mass is 9.97. The molecule has 17 heavy (non-hydrogen) atoms. The minimum absolute atomic E-state index is 0.520. The van der Waals surface area contributed by atoms with E-state index in [1.165, 1.54) is 25.1 Å². The first-order valence-electron chi connectivity index (χ1n) is 6.63. The van der Waals surface area contributed by atoms with Gasteiger partial charge >= 0.3 is 0 Å². The molecule has 1 aromatic rings. The number of aromatic nitrogens is 2. The molecule has 2 heterocycles. The summed E-state index contributed by atoms with van der Waals surface area (Å²) in [4.78, 5) is 2.45. The second-order valence-electron chi connectivity index (χ2n) is 5.06. The predicted octanol–water partition coefficient (Wildman–Crippen LogP) is 1.41. The Morgan fingerprint density at radius 2 is 2.29 bits per heavy atom. The number of nitrogens with one attached hydrogen (secondary N) is 1. The Morgan fingerprint density at radius 1 is 1.47 bits per heavy atom. The minimum atomic E-state index is 0.520. The van der Waals surface area contributed by atoms with Gasteiger partial charge in [0.05, 0.1) is 11.7 Å². The van der Waals surface area contributed by atoms with E-state index in [0.717, 1.165) is 13.1 Å². The maximum atomic E-state index is 4.30. The highest BCUT2D eigenvalue weighted by molar-refractivity contribution is 5.11. The zero-order chi connectivity index (χ0) is 12.3. The molecule has 0 spiro atoms. The number of hydrogen-bond acceptors (Lipinski definition) is 3. The van der Waals surface area contributed by atoms with Gasteiger partial charge in [0.15, 0.2) is 0 Å². The fourth-order valence-corrected chi connectivity index (χ4v) is 2.85. The third-order valence-electron chi connectivity index (χ3n) is 3.77. The zero-order valence-electron chi connectivity index (χ0n) is 11.2. The van der Waals surface area contributed by atoms with Gasteiger partial charge in [-0.15, -0.1) is 0 Å². The van der Waals surface area contributed by atoms with Gasteiger partial charge in [-0.25, -0.2) is 0 Å². The molecular weight excluding hydrogens is 212 g/mol. The summed E-state index contributed by atoms with van der Waals surface area (Å²) in [6.07, 6.45) is 4.39. The van der Waals surface area contributed by atoms with Gasteiger partial charge < -0.3 is 5.32 Å². The van der Waals surface area contributed by atoms with Crippen molar-refractivity contribution in [1.29, 1.82) is 0 Å². The van der Waals surface area contributed by atoms with Gasteiger partial charge in [0.2, 0.25) is 0 Å². The fourth-order valence-electron chi connectivity index (χ4n) is 2.85. The molecule has 0 aliphatic carbocycles. The monoisotopic (exact) mass is 236 g/mol. The summed E-state index contributed by atoms with van der Waals surface area (Å²) < 4.78 is 2.01. The topological polar surface area (TPSA) is 33.1 Å². The number of likely N-dealkylation sites (tertiary alicyclic amines) is 1. The van der Waals surface area contributed by atoms with E-state index in [9.17, 15) is 0 Å². The number of aryl methyl sites for hydroxylation is 1. The van der Waals surface area contributed by atoms with Crippen molar-refractivity contribution in [3.63, 3.8) is 0 Å². The summed E-state index contributed by atoms with van der Waals surface area (Å²) in [7, 11) is 4.26. The molecule has 0 saturated carbocycles. The van der Waals surface area contributed by atoms with Crippen molar-refractivity contribution in [2.24, 2.45) is 13.0 Å². The van der Waals surface area contributed by atoms with E-state index >= 15 is 0 Å². The molecule has 96 valence electrons. The average Bonchev–Trinajstić information content (AvgIpc) is 2.86. The van der Waals surface area contributed by atoms with Crippen molar-refractivity contribution in [2.75, 3.05) is 26.7 Å². The first-order chi connectivity index (χ1) is 8.24. The summed E-state index contributed by atoms with van der Waals surface area (Å²) in [6.45, 7) is 5.65. The van der Waals surface area contributed by atoms with E-state index in [0.29, 0.717) is 12.0 Å². The van der Waals surface area contributed by atoms with Gasteiger partial charge in [-0.3, -0.25) is 9.58 Å². The highest BCUT2D eigenvalue weighted by Gasteiger charge is 2.34. The quantitative estimate of drug-likeness (QED) is 0.785. The van der Waals surface area contributed by atoms with E-state index in [4.69, 9.17) is 0 Å². The molecule has 1 aliphatic heterocycles. The van der Waals surface area contributed by atoms with Crippen LogP contribution in [-0.2, 0) is 7.05 Å². The summed E-state index contributed by atoms with van der Waals surface area (Å²) in [6, 6.07) is 2.67. The first-order valence-corrected chi connectivity index (χ1v) is 6.63. The summed E-state index contributed by atoms with van der Waals surface area (Å²) in [5.74, 6) is 0.710. The molecule has 1 aromatic heterocycles. The van der Waals surface area contributed by atoms with Gasteiger partial charge in [-0.05, 0) is 51.5 Å². The van der Waals surface area contributed by atoms with Gasteiger partial charge in [0.1, 0.15) is 0 Å². The molecule has 0 amide bonds. The second-order valence-corrected chi connectivity index (χ2v) is 5.06. The molecule has 0 radical (unpaired) electrons. The van der Waals surface area contributed by atoms with Crippen molar-refractivity contribution in [1.82, 2.24) is 20.0 Å². The Kier molecular flexibility index (Phi) is 4.18. The van der Waals surface area contributed by atoms with E-state index in [1.807, 2.05) is 17.9 Å². The number of nitrogens with zero attached hydrogens (tertiary/aromatic N) is 3. The largest absolute Gasteiger partial charge is 0.316 e. The summed E-state index contributed by atoms with van der Waals surface area (Å²) >= 11 is 0. The third kappa shape index (κ3) is 2.69. The molecule has 4 nitrogen and oxygen atoms in total. The van der Waals surface area contributed by atoms with Gasteiger partial charge in [0.25, 0.3) is 0 Å². The molecule has 2 atom stereocenters. The van der Waals surface area contributed by atoms with Crippen LogP contribution in [0, 0.1) is 5.92 Å². The smallest absolute Gasteiger partial charge is 0.0555 e. The lowest BCUT2D eigenvalue weighted by Crippen LogP contribution is -2.30. The predicted molar refractivity (Wildman–Crippen MR) is 69.8 cm³/mol. The van der Waals surface area contributed by atoms with Crippen molar-refractivity contribution in [2.45, 2.75) is 25.8 Å². The second kappa shape index (κ2) is 5.65. The maximum absolute atomic E-state index is 4.30. The number of hydrogen-bond donors (Lipinski definition) is 1. The zero-order valence-corrected chi connectivity index (χ0v) is 11.2. The van der Waals surface area contributed by atoms with Crippen LogP contribution in [0.3, 0.4) is 0 Å². The van der Waals surface area contributed by atoms with Crippen molar-refractivity contribution in [3.8, 4) is 0 Å². The molecule has 1 fully saturated rings. The van der Waals surface area contributed by atoms with E-state index in [2.05, 4.69) is 35.4 Å². The van der Waals surface area contributed by atoms with Crippen LogP contribution in [0.1, 0.15) is 31.5 Å². The Labute approximate surface area is 104 Å². The molecule has 1 aliphatic rings. The molecular formula is C13H24N4. The van der Waals surface area contributed by atoms with Gasteiger partial charge in [0, 0.05) is 13.2 Å². The van der Waals surface area contributed by atoms with Crippen LogP contribution < -0.4 is 5.32 Å². The lowest BCUT2D eigenvalue weighted by molar-refractivity contribution is 0.260. The van der Waals surface area contributed by atoms with Crippen molar-refractivity contribution >= 4 is 0 Å². The summed E-state index contributed by atoms with van der Waals surface area (Å²) in [5.41, 5.74) is 1.34. The number of rotatable bonds is 5. The Hall–Kier alpha value is -0.870. The maximum Gasteiger partial charge on any atom is 0.0555 e. The van der Waals surface area contributed by atoms with Crippen LogP contribution >= 0.6 is 0 Å². The van der Waals surface area contributed by atoms with Gasteiger partial charge in [-0.2, -0.15) is 5.10 Å². The van der Waals surface area contributed by atoms with Crippen LogP contribution in [-0.4, -0.2) is 41.4 Å². The Bertz CT molecular complexity index is 347. The normalized spacial score (nSPS) is 25.6. The van der Waals surface area contributed by atoms with Crippen molar-refractivity contribution in [3.05, 3.63) is 18.0 Å². The average molecular weight is 236 g/mol. The Morgan fingerprint density at radius 3 is 2.94 bits per heavy atom. The highest BCUT2D eigenvalue weighted by Crippen LogP contribution is 2.35. The van der Waals surface area contributed by atoms with Crippen molar-refractivity contribution < 1.29 is 0 Å². The fraction of sp³-hybridized carbons (Fsp3) is 0.769. The lowest BCUT2D eigenvalue weighted by Gasteiger charge is -2.25. The molecule has 1 saturated heterocycles. The van der Waals surface area contributed by atoms with Crippen LogP contribution in [0.4, 0.5) is 0 Å². The molecule has 4 heteroatoms. The summed E-state index contributed by atoms with van der Waals surface area (Å²) in [5, 5.41) is 7.85. The highest BCUT2D eigenvalue weighted by atomic mass is 15.3. The molecule has 1 N–H and O–H groups in total. The van der Waals surface area contributed by atoms with Crippen LogP contribution in [0.15, 0.2) is 12.3 Å². The third-order valence-corrected chi connectivity index (χ3v) is 3.77. The van der Waals surface area contributed by atoms with E-state index < -0.39 is 0 Å².